The first kappa shape index (κ1) is 27.7. The molecule has 3 rings (SSSR count). The van der Waals surface area contributed by atoms with E-state index in [0.29, 0.717) is 31.0 Å². The summed E-state index contributed by atoms with van der Waals surface area (Å²) in [5.74, 6) is 0.437. The maximum atomic E-state index is 13.1. The molecule has 1 aliphatic heterocycles. The summed E-state index contributed by atoms with van der Waals surface area (Å²) in [7, 11) is 3.63. The van der Waals surface area contributed by atoms with Crippen molar-refractivity contribution in [1.29, 1.82) is 0 Å². The summed E-state index contributed by atoms with van der Waals surface area (Å²) in [6.07, 6.45) is 4.69. The predicted octanol–water partition coefficient (Wildman–Crippen LogP) is 5.50. The molecule has 2 N–H and O–H groups in total. The monoisotopic (exact) mass is 500 g/mol. The molecule has 0 spiro atoms. The Morgan fingerprint density at radius 1 is 1.23 bits per heavy atom. The lowest BCUT2D eigenvalue weighted by atomic mass is 9.72. The number of halogens is 1. The summed E-state index contributed by atoms with van der Waals surface area (Å²) in [6.45, 7) is 4.94. The molecular weight excluding hydrogens is 460 g/mol. The van der Waals surface area contributed by atoms with E-state index in [-0.39, 0.29) is 17.7 Å². The van der Waals surface area contributed by atoms with Crippen molar-refractivity contribution in [3.63, 3.8) is 0 Å². The number of ether oxygens (including phenoxy) is 1. The van der Waals surface area contributed by atoms with Crippen LogP contribution in [-0.4, -0.2) is 56.3 Å². The van der Waals surface area contributed by atoms with Gasteiger partial charge < -0.3 is 20.1 Å². The van der Waals surface area contributed by atoms with Crippen LogP contribution in [0.1, 0.15) is 51.0 Å². The number of unbranched alkanes of at least 4 members (excludes halogenated alkanes) is 1. The Balaban J connectivity index is 1.91. The summed E-state index contributed by atoms with van der Waals surface area (Å²) in [5.41, 5.74) is 1.94. The molecule has 192 valence electrons. The second-order valence-corrected chi connectivity index (χ2v) is 10.4. The SMILES string of the molecule is CNC[C@H](C)CC(=O)N1CCC[C@@H]([C@@](O)(CCCCOC)c2ccccc2-c2ccc(Cl)cc2)C1. The quantitative estimate of drug-likeness (QED) is 0.378. The number of likely N-dealkylation sites (tertiary alicyclic amines) is 1. The standard InChI is InChI=1S/C29H41ClN2O3/c1-22(20-31-2)19-28(33)32-17-8-9-24(21-32)29(34,16-6-7-18-35-3)27-11-5-4-10-26(27)23-12-14-25(30)15-13-23/h4-5,10-15,22,24,31,34H,6-9,16-21H2,1-3H3/t22-,24-,29+/m1/s1. The van der Waals surface area contributed by atoms with Crippen molar-refractivity contribution >= 4 is 17.5 Å². The van der Waals surface area contributed by atoms with Gasteiger partial charge in [-0.25, -0.2) is 0 Å². The fourth-order valence-corrected chi connectivity index (χ4v) is 5.51. The van der Waals surface area contributed by atoms with Gasteiger partial charge in [0.2, 0.25) is 5.91 Å². The number of hydrogen-bond acceptors (Lipinski definition) is 4. The molecule has 2 aromatic rings. The van der Waals surface area contributed by atoms with Crippen LogP contribution in [0.15, 0.2) is 48.5 Å². The highest BCUT2D eigenvalue weighted by atomic mass is 35.5. The highest BCUT2D eigenvalue weighted by Crippen LogP contribution is 2.43. The van der Waals surface area contributed by atoms with Crippen molar-refractivity contribution in [3.8, 4) is 11.1 Å². The number of nitrogens with one attached hydrogen (secondary N) is 1. The number of amides is 1. The third-order valence-corrected chi connectivity index (χ3v) is 7.48. The average molecular weight is 501 g/mol. The van der Waals surface area contributed by atoms with Gasteiger partial charge in [0.25, 0.3) is 0 Å². The van der Waals surface area contributed by atoms with Crippen molar-refractivity contribution in [1.82, 2.24) is 10.2 Å². The minimum Gasteiger partial charge on any atom is -0.385 e. The molecule has 1 aliphatic rings. The van der Waals surface area contributed by atoms with Crippen LogP contribution in [-0.2, 0) is 15.1 Å². The zero-order valence-electron chi connectivity index (χ0n) is 21.4. The van der Waals surface area contributed by atoms with E-state index in [1.807, 2.05) is 48.3 Å². The van der Waals surface area contributed by atoms with Crippen LogP contribution < -0.4 is 5.32 Å². The first-order valence-electron chi connectivity index (χ1n) is 12.9. The number of benzene rings is 2. The second kappa shape index (κ2) is 13.4. The van der Waals surface area contributed by atoms with Crippen LogP contribution in [0.4, 0.5) is 0 Å². The topological polar surface area (TPSA) is 61.8 Å². The maximum absolute atomic E-state index is 13.1. The van der Waals surface area contributed by atoms with Gasteiger partial charge in [-0.3, -0.25) is 4.79 Å². The molecule has 0 aromatic heterocycles. The number of nitrogens with zero attached hydrogens (tertiary/aromatic N) is 1. The first-order chi connectivity index (χ1) is 16.9. The molecule has 0 unspecified atom stereocenters. The highest BCUT2D eigenvalue weighted by Gasteiger charge is 2.42. The van der Waals surface area contributed by atoms with E-state index in [9.17, 15) is 9.90 Å². The molecule has 35 heavy (non-hydrogen) atoms. The Kier molecular flexibility index (Phi) is 10.6. The van der Waals surface area contributed by atoms with E-state index in [0.717, 1.165) is 55.5 Å². The molecule has 0 aliphatic carbocycles. The largest absolute Gasteiger partial charge is 0.385 e. The fourth-order valence-electron chi connectivity index (χ4n) is 5.38. The van der Waals surface area contributed by atoms with Crippen molar-refractivity contribution in [2.45, 2.75) is 51.0 Å². The zero-order valence-corrected chi connectivity index (χ0v) is 22.2. The Morgan fingerprint density at radius 3 is 2.69 bits per heavy atom. The Labute approximate surface area is 215 Å². The molecule has 6 heteroatoms. The molecule has 5 nitrogen and oxygen atoms in total. The van der Waals surface area contributed by atoms with Crippen molar-refractivity contribution < 1.29 is 14.6 Å². The smallest absolute Gasteiger partial charge is 0.222 e. The number of aliphatic hydroxyl groups is 1. The summed E-state index contributed by atoms with van der Waals surface area (Å²) in [6, 6.07) is 15.9. The molecular formula is C29H41ClN2O3. The van der Waals surface area contributed by atoms with Crippen LogP contribution in [0, 0.1) is 11.8 Å². The second-order valence-electron chi connectivity index (χ2n) is 9.97. The molecule has 0 saturated carbocycles. The Bertz CT molecular complexity index is 936. The van der Waals surface area contributed by atoms with Gasteiger partial charge in [-0.05, 0) is 80.4 Å². The molecule has 1 fully saturated rings. The van der Waals surface area contributed by atoms with Crippen molar-refractivity contribution in [2.75, 3.05) is 40.4 Å². The van der Waals surface area contributed by atoms with Gasteiger partial charge in [0, 0.05) is 44.2 Å². The Hall–Kier alpha value is -1.92. The minimum atomic E-state index is -1.04. The molecule has 1 saturated heterocycles. The fraction of sp³-hybridized carbons (Fsp3) is 0.552. The van der Waals surface area contributed by atoms with Gasteiger partial charge in [0.1, 0.15) is 0 Å². The summed E-state index contributed by atoms with van der Waals surface area (Å²) < 4.78 is 5.27. The summed E-state index contributed by atoms with van der Waals surface area (Å²) >= 11 is 6.15. The minimum absolute atomic E-state index is 0.0317. The van der Waals surface area contributed by atoms with Gasteiger partial charge >= 0.3 is 0 Å². The molecule has 0 radical (unpaired) electrons. The van der Waals surface area contributed by atoms with Gasteiger partial charge in [-0.15, -0.1) is 0 Å². The van der Waals surface area contributed by atoms with E-state index < -0.39 is 5.60 Å². The summed E-state index contributed by atoms with van der Waals surface area (Å²) in [5, 5.41) is 16.3. The molecule has 1 heterocycles. The molecule has 1 amide bonds. The number of piperidine rings is 1. The van der Waals surface area contributed by atoms with Crippen LogP contribution in [0.3, 0.4) is 0 Å². The Morgan fingerprint density at radius 2 is 1.97 bits per heavy atom. The predicted molar refractivity (Wildman–Crippen MR) is 144 cm³/mol. The number of hydrogen-bond donors (Lipinski definition) is 2. The molecule has 3 atom stereocenters. The van der Waals surface area contributed by atoms with Crippen LogP contribution in [0.5, 0.6) is 0 Å². The lowest BCUT2D eigenvalue weighted by molar-refractivity contribution is -0.137. The number of rotatable bonds is 12. The van der Waals surface area contributed by atoms with Gasteiger partial charge in [0.15, 0.2) is 0 Å². The molecule has 2 aromatic carbocycles. The summed E-state index contributed by atoms with van der Waals surface area (Å²) in [4.78, 5) is 15.1. The van der Waals surface area contributed by atoms with E-state index >= 15 is 0 Å². The molecule has 0 bridgehead atoms. The number of carbonyl (C=O) groups excluding carboxylic acids is 1. The van der Waals surface area contributed by atoms with Gasteiger partial charge in [0.05, 0.1) is 5.60 Å². The van der Waals surface area contributed by atoms with E-state index in [1.165, 1.54) is 0 Å². The average Bonchev–Trinajstić information content (AvgIpc) is 2.87. The van der Waals surface area contributed by atoms with Crippen LogP contribution >= 0.6 is 11.6 Å². The highest BCUT2D eigenvalue weighted by molar-refractivity contribution is 6.30. The third-order valence-electron chi connectivity index (χ3n) is 7.23. The maximum Gasteiger partial charge on any atom is 0.222 e. The van der Waals surface area contributed by atoms with Crippen molar-refractivity contribution in [2.24, 2.45) is 11.8 Å². The van der Waals surface area contributed by atoms with E-state index in [4.69, 9.17) is 16.3 Å². The van der Waals surface area contributed by atoms with E-state index in [1.54, 1.807) is 7.11 Å². The zero-order chi connectivity index (χ0) is 25.3. The van der Waals surface area contributed by atoms with Crippen LogP contribution in [0.25, 0.3) is 11.1 Å². The lowest BCUT2D eigenvalue weighted by Gasteiger charge is -2.44. The number of methoxy groups -OCH3 is 1. The lowest BCUT2D eigenvalue weighted by Crippen LogP contribution is -2.48. The van der Waals surface area contributed by atoms with Crippen molar-refractivity contribution in [3.05, 3.63) is 59.1 Å². The van der Waals surface area contributed by atoms with Gasteiger partial charge in [-0.1, -0.05) is 54.9 Å². The first-order valence-corrected chi connectivity index (χ1v) is 13.3. The number of carbonyl (C=O) groups is 1. The van der Waals surface area contributed by atoms with E-state index in [2.05, 4.69) is 24.4 Å². The van der Waals surface area contributed by atoms with Gasteiger partial charge in [-0.2, -0.15) is 0 Å². The third kappa shape index (κ3) is 7.29. The van der Waals surface area contributed by atoms with Crippen LogP contribution in [0.2, 0.25) is 5.02 Å². The normalized spacial score (nSPS) is 18.8.